The topological polar surface area (TPSA) is 66.9 Å². The van der Waals surface area contributed by atoms with Gasteiger partial charge in [-0.2, -0.15) is 0 Å². The quantitative estimate of drug-likeness (QED) is 0.878. The first-order valence-corrected chi connectivity index (χ1v) is 6.23. The lowest BCUT2D eigenvalue weighted by atomic mass is 10.0. The molecule has 0 atom stereocenters. The minimum Gasteiger partial charge on any atom is -0.379 e. The molecule has 0 aliphatic carbocycles. The van der Waals surface area contributed by atoms with Gasteiger partial charge in [0.2, 0.25) is 5.91 Å². The van der Waals surface area contributed by atoms with Crippen molar-refractivity contribution in [3.63, 3.8) is 0 Å². The van der Waals surface area contributed by atoms with Gasteiger partial charge >= 0.3 is 0 Å². The third-order valence-corrected chi connectivity index (χ3v) is 3.09. The number of amides is 1. The molecule has 0 fully saturated rings. The molecule has 1 amide bonds. The Kier molecular flexibility index (Phi) is 3.10. The van der Waals surface area contributed by atoms with Crippen molar-refractivity contribution >= 4 is 17.3 Å². The number of hydrogen-bond acceptors (Lipinski definition) is 4. The monoisotopic (exact) mass is 254 g/mol. The number of benzene rings is 1. The molecular weight excluding hydrogens is 240 g/mol. The molecule has 0 saturated heterocycles. The van der Waals surface area contributed by atoms with Gasteiger partial charge in [-0.3, -0.25) is 14.8 Å². The summed E-state index contributed by atoms with van der Waals surface area (Å²) in [5.74, 6) is 0.0905. The van der Waals surface area contributed by atoms with E-state index in [1.54, 1.807) is 18.6 Å². The van der Waals surface area contributed by atoms with Gasteiger partial charge in [-0.05, 0) is 30.2 Å². The van der Waals surface area contributed by atoms with E-state index in [9.17, 15) is 4.79 Å². The van der Waals surface area contributed by atoms with Gasteiger partial charge in [0.05, 0.1) is 18.4 Å². The van der Waals surface area contributed by atoms with E-state index in [2.05, 4.69) is 26.7 Å². The Morgan fingerprint density at radius 2 is 2.21 bits per heavy atom. The van der Waals surface area contributed by atoms with Crippen molar-refractivity contribution in [1.82, 2.24) is 9.97 Å². The molecule has 0 unspecified atom stereocenters. The van der Waals surface area contributed by atoms with E-state index >= 15 is 0 Å². The summed E-state index contributed by atoms with van der Waals surface area (Å²) in [4.78, 5) is 19.5. The molecule has 1 aromatic carbocycles. The molecule has 3 rings (SSSR count). The molecule has 1 aliphatic heterocycles. The normalized spacial score (nSPS) is 13.6. The number of aromatic nitrogens is 2. The summed E-state index contributed by atoms with van der Waals surface area (Å²) in [5, 5.41) is 6.18. The summed E-state index contributed by atoms with van der Waals surface area (Å²) in [7, 11) is 0. The molecule has 19 heavy (non-hydrogen) atoms. The van der Waals surface area contributed by atoms with E-state index < -0.39 is 0 Å². The summed E-state index contributed by atoms with van der Waals surface area (Å²) in [6.45, 7) is 0.638. The number of nitrogens with one attached hydrogen (secondary N) is 2. The van der Waals surface area contributed by atoms with Crippen LogP contribution in [0.3, 0.4) is 0 Å². The third-order valence-electron chi connectivity index (χ3n) is 3.09. The van der Waals surface area contributed by atoms with E-state index in [-0.39, 0.29) is 5.91 Å². The van der Waals surface area contributed by atoms with Crippen LogP contribution in [0.25, 0.3) is 0 Å². The highest BCUT2D eigenvalue weighted by molar-refractivity contribution is 5.94. The molecule has 2 heterocycles. The Labute approximate surface area is 111 Å². The van der Waals surface area contributed by atoms with Gasteiger partial charge in [0.1, 0.15) is 0 Å². The number of aryl methyl sites for hydroxylation is 1. The van der Waals surface area contributed by atoms with Crippen molar-refractivity contribution < 1.29 is 4.79 Å². The first kappa shape index (κ1) is 11.6. The first-order chi connectivity index (χ1) is 9.31. The zero-order valence-electron chi connectivity index (χ0n) is 10.4. The fourth-order valence-electron chi connectivity index (χ4n) is 2.11. The smallest absolute Gasteiger partial charge is 0.224 e. The van der Waals surface area contributed by atoms with Gasteiger partial charge in [0.25, 0.3) is 0 Å². The average Bonchev–Trinajstić information content (AvgIpc) is 2.46. The van der Waals surface area contributed by atoms with Crippen LogP contribution in [0, 0.1) is 0 Å². The van der Waals surface area contributed by atoms with E-state index in [4.69, 9.17) is 0 Å². The van der Waals surface area contributed by atoms with Gasteiger partial charge in [-0.1, -0.05) is 0 Å². The zero-order chi connectivity index (χ0) is 13.1. The Bertz CT molecular complexity index is 598. The van der Waals surface area contributed by atoms with Crippen molar-refractivity contribution in [3.05, 3.63) is 48.0 Å². The van der Waals surface area contributed by atoms with Crippen LogP contribution in [0.1, 0.15) is 17.7 Å². The second-order valence-corrected chi connectivity index (χ2v) is 4.47. The molecule has 5 nitrogen and oxygen atoms in total. The van der Waals surface area contributed by atoms with E-state index in [0.29, 0.717) is 13.0 Å². The summed E-state index contributed by atoms with van der Waals surface area (Å²) in [5.41, 5.74) is 4.01. The van der Waals surface area contributed by atoms with Crippen LogP contribution in [-0.2, 0) is 17.8 Å². The van der Waals surface area contributed by atoms with Crippen molar-refractivity contribution in [3.8, 4) is 0 Å². The fraction of sp³-hybridized carbons (Fsp3) is 0.214. The highest BCUT2D eigenvalue weighted by Gasteiger charge is 2.14. The molecule has 1 aliphatic rings. The fourth-order valence-corrected chi connectivity index (χ4v) is 2.11. The summed E-state index contributed by atoms with van der Waals surface area (Å²) in [6, 6.07) is 5.97. The molecular formula is C14H14N4O. The zero-order valence-corrected chi connectivity index (χ0v) is 10.4. The summed E-state index contributed by atoms with van der Waals surface area (Å²) >= 11 is 0. The van der Waals surface area contributed by atoms with Crippen molar-refractivity contribution in [1.29, 1.82) is 0 Å². The van der Waals surface area contributed by atoms with Crippen LogP contribution in [0.15, 0.2) is 36.8 Å². The van der Waals surface area contributed by atoms with Gasteiger partial charge in [-0.15, -0.1) is 0 Å². The number of anilines is 2. The number of hydrogen-bond donors (Lipinski definition) is 2. The van der Waals surface area contributed by atoms with Crippen LogP contribution in [0.2, 0.25) is 0 Å². The number of rotatable bonds is 3. The predicted octanol–water partition coefficient (Wildman–Crippen LogP) is 1.97. The Morgan fingerprint density at radius 3 is 3.05 bits per heavy atom. The van der Waals surface area contributed by atoms with Crippen LogP contribution in [0.4, 0.5) is 11.4 Å². The average molecular weight is 254 g/mol. The van der Waals surface area contributed by atoms with Gasteiger partial charge in [-0.25, -0.2) is 0 Å². The highest BCUT2D eigenvalue weighted by Crippen LogP contribution is 2.25. The van der Waals surface area contributed by atoms with Gasteiger partial charge in [0.15, 0.2) is 0 Å². The molecule has 0 radical (unpaired) electrons. The van der Waals surface area contributed by atoms with Crippen molar-refractivity contribution in [2.24, 2.45) is 0 Å². The number of fused-ring (bicyclic) bond motifs is 1. The van der Waals surface area contributed by atoms with Gasteiger partial charge < -0.3 is 10.6 Å². The number of carbonyl (C=O) groups is 1. The molecule has 96 valence electrons. The lowest BCUT2D eigenvalue weighted by Gasteiger charge is -2.18. The van der Waals surface area contributed by atoms with Crippen LogP contribution in [-0.4, -0.2) is 15.9 Å². The van der Waals surface area contributed by atoms with Gasteiger partial charge in [0, 0.05) is 30.2 Å². The van der Waals surface area contributed by atoms with Crippen LogP contribution in [0.5, 0.6) is 0 Å². The van der Waals surface area contributed by atoms with E-state index in [1.165, 1.54) is 5.56 Å². The summed E-state index contributed by atoms with van der Waals surface area (Å²) in [6.07, 6.45) is 6.43. The Morgan fingerprint density at radius 1 is 1.26 bits per heavy atom. The molecule has 0 bridgehead atoms. The molecule has 2 aromatic rings. The highest BCUT2D eigenvalue weighted by atomic mass is 16.1. The molecule has 1 aromatic heterocycles. The van der Waals surface area contributed by atoms with E-state index in [0.717, 1.165) is 23.5 Å². The largest absolute Gasteiger partial charge is 0.379 e. The standard InChI is InChI=1S/C14H14N4O/c19-14-4-1-10-7-11(2-3-13(10)18-14)17-9-12-8-15-5-6-16-12/h2-3,5-8,17H,1,4,9H2,(H,18,19). The lowest BCUT2D eigenvalue weighted by Crippen LogP contribution is -2.19. The van der Waals surface area contributed by atoms with Crippen molar-refractivity contribution in [2.75, 3.05) is 10.6 Å². The lowest BCUT2D eigenvalue weighted by molar-refractivity contribution is -0.116. The van der Waals surface area contributed by atoms with E-state index in [1.807, 2.05) is 12.1 Å². The minimum atomic E-state index is 0.0905. The second kappa shape index (κ2) is 5.06. The molecule has 0 spiro atoms. The molecule has 5 heteroatoms. The SMILES string of the molecule is O=C1CCc2cc(NCc3cnccn3)ccc2N1. The summed E-state index contributed by atoms with van der Waals surface area (Å²) < 4.78 is 0. The first-order valence-electron chi connectivity index (χ1n) is 6.23. The number of nitrogens with zero attached hydrogens (tertiary/aromatic N) is 2. The molecule has 0 saturated carbocycles. The Balaban J connectivity index is 1.71. The number of carbonyl (C=O) groups excluding carboxylic acids is 1. The maximum atomic E-state index is 11.3. The second-order valence-electron chi connectivity index (χ2n) is 4.47. The minimum absolute atomic E-state index is 0.0905. The molecule has 2 N–H and O–H groups in total. The van der Waals surface area contributed by atoms with Crippen LogP contribution >= 0.6 is 0 Å². The van der Waals surface area contributed by atoms with Crippen LogP contribution < -0.4 is 10.6 Å². The third kappa shape index (κ3) is 2.70. The predicted molar refractivity (Wildman–Crippen MR) is 72.8 cm³/mol. The van der Waals surface area contributed by atoms with Crippen molar-refractivity contribution in [2.45, 2.75) is 19.4 Å². The Hall–Kier alpha value is -2.43. The maximum absolute atomic E-state index is 11.3. The maximum Gasteiger partial charge on any atom is 0.224 e.